The predicted molar refractivity (Wildman–Crippen MR) is 55.1 cm³/mol. The van der Waals surface area contributed by atoms with Crippen molar-refractivity contribution in [3.8, 4) is 0 Å². The average molecular weight is 209 g/mol. The van der Waals surface area contributed by atoms with E-state index in [1.54, 1.807) is 16.0 Å². The fourth-order valence-corrected chi connectivity index (χ4v) is 2.24. The molecule has 2 N–H and O–H groups in total. The van der Waals surface area contributed by atoms with E-state index in [2.05, 4.69) is 35.4 Å². The molecular formula is C8H11N5S. The molecule has 0 aliphatic heterocycles. The summed E-state index contributed by atoms with van der Waals surface area (Å²) in [5, 5.41) is 10.9. The van der Waals surface area contributed by atoms with Crippen LogP contribution < -0.4 is 5.73 Å². The van der Waals surface area contributed by atoms with Gasteiger partial charge in [-0.15, -0.1) is 11.3 Å². The topological polar surface area (TPSA) is 69.6 Å². The standard InChI is InChI=1S/C8H11N5S/c1-5-3-7(14-6(5)2)4-13-8(9)10-11-12-13/h3H,4H2,1-2H3,(H2,9,10,12). The quantitative estimate of drug-likeness (QED) is 0.800. The number of aromatic nitrogens is 4. The second-order valence-corrected chi connectivity index (χ2v) is 4.49. The van der Waals surface area contributed by atoms with E-state index in [9.17, 15) is 0 Å². The maximum Gasteiger partial charge on any atom is 0.240 e. The Morgan fingerprint density at radius 2 is 2.29 bits per heavy atom. The Balaban J connectivity index is 2.23. The molecule has 0 aliphatic carbocycles. The number of tetrazole rings is 1. The summed E-state index contributed by atoms with van der Waals surface area (Å²) in [6.07, 6.45) is 0. The van der Waals surface area contributed by atoms with Crippen molar-refractivity contribution >= 4 is 17.3 Å². The molecule has 0 amide bonds. The van der Waals surface area contributed by atoms with Crippen molar-refractivity contribution in [2.45, 2.75) is 20.4 Å². The zero-order valence-corrected chi connectivity index (χ0v) is 8.88. The summed E-state index contributed by atoms with van der Waals surface area (Å²) in [5.41, 5.74) is 6.87. The van der Waals surface area contributed by atoms with Gasteiger partial charge in [0.2, 0.25) is 5.95 Å². The number of hydrogen-bond donors (Lipinski definition) is 1. The number of rotatable bonds is 2. The van der Waals surface area contributed by atoms with Crippen LogP contribution in [-0.4, -0.2) is 20.2 Å². The highest BCUT2D eigenvalue weighted by Crippen LogP contribution is 2.21. The lowest BCUT2D eigenvalue weighted by Crippen LogP contribution is -2.05. The summed E-state index contributed by atoms with van der Waals surface area (Å²) in [7, 11) is 0. The minimum absolute atomic E-state index is 0.355. The molecule has 0 radical (unpaired) electrons. The number of hydrogen-bond acceptors (Lipinski definition) is 5. The lowest BCUT2D eigenvalue weighted by atomic mass is 10.3. The van der Waals surface area contributed by atoms with E-state index in [1.165, 1.54) is 15.3 Å². The van der Waals surface area contributed by atoms with Crippen LogP contribution in [0.2, 0.25) is 0 Å². The maximum absolute atomic E-state index is 5.56. The van der Waals surface area contributed by atoms with E-state index < -0.39 is 0 Å². The summed E-state index contributed by atoms with van der Waals surface area (Å²) in [6, 6.07) is 2.14. The molecule has 2 heterocycles. The van der Waals surface area contributed by atoms with Gasteiger partial charge in [0.1, 0.15) is 0 Å². The first-order valence-electron chi connectivity index (χ1n) is 4.24. The minimum atomic E-state index is 0.355. The van der Waals surface area contributed by atoms with Crippen molar-refractivity contribution in [2.24, 2.45) is 0 Å². The first-order chi connectivity index (χ1) is 6.66. The van der Waals surface area contributed by atoms with Crippen molar-refractivity contribution in [3.05, 3.63) is 21.4 Å². The largest absolute Gasteiger partial charge is 0.367 e. The van der Waals surface area contributed by atoms with Crippen molar-refractivity contribution in [1.29, 1.82) is 0 Å². The van der Waals surface area contributed by atoms with Gasteiger partial charge in [0, 0.05) is 9.75 Å². The summed E-state index contributed by atoms with van der Waals surface area (Å²) in [5.74, 6) is 0.355. The molecule has 74 valence electrons. The Morgan fingerprint density at radius 1 is 1.50 bits per heavy atom. The molecule has 14 heavy (non-hydrogen) atoms. The van der Waals surface area contributed by atoms with Crippen LogP contribution in [0.3, 0.4) is 0 Å². The fraction of sp³-hybridized carbons (Fsp3) is 0.375. The van der Waals surface area contributed by atoms with Crippen LogP contribution in [0.1, 0.15) is 15.3 Å². The van der Waals surface area contributed by atoms with Gasteiger partial charge in [0.05, 0.1) is 6.54 Å². The predicted octanol–water partition coefficient (Wildman–Crippen LogP) is 0.982. The molecule has 0 fully saturated rings. The van der Waals surface area contributed by atoms with Gasteiger partial charge in [0.25, 0.3) is 0 Å². The molecule has 0 saturated heterocycles. The number of anilines is 1. The van der Waals surface area contributed by atoms with Crippen molar-refractivity contribution in [3.63, 3.8) is 0 Å². The summed E-state index contributed by atoms with van der Waals surface area (Å²) < 4.78 is 1.59. The lowest BCUT2D eigenvalue weighted by Gasteiger charge is -1.96. The zero-order chi connectivity index (χ0) is 10.1. The van der Waals surface area contributed by atoms with Crippen molar-refractivity contribution < 1.29 is 0 Å². The smallest absolute Gasteiger partial charge is 0.240 e. The summed E-state index contributed by atoms with van der Waals surface area (Å²) in [4.78, 5) is 2.55. The van der Waals surface area contributed by atoms with E-state index in [1.807, 2.05) is 0 Å². The molecule has 2 rings (SSSR count). The van der Waals surface area contributed by atoms with Gasteiger partial charge in [0.15, 0.2) is 0 Å². The number of aryl methyl sites for hydroxylation is 2. The number of thiophene rings is 1. The first kappa shape index (κ1) is 9.14. The molecule has 0 aromatic carbocycles. The van der Waals surface area contributed by atoms with Crippen LogP contribution in [0.5, 0.6) is 0 Å². The summed E-state index contributed by atoms with van der Waals surface area (Å²) >= 11 is 1.75. The fourth-order valence-electron chi connectivity index (χ4n) is 1.20. The van der Waals surface area contributed by atoms with E-state index in [0.717, 1.165) is 0 Å². The molecule has 0 saturated carbocycles. The van der Waals surface area contributed by atoms with Crippen LogP contribution >= 0.6 is 11.3 Å². The second-order valence-electron chi connectivity index (χ2n) is 3.15. The van der Waals surface area contributed by atoms with Gasteiger partial charge >= 0.3 is 0 Å². The molecule has 2 aromatic heterocycles. The molecular weight excluding hydrogens is 198 g/mol. The molecule has 5 nitrogen and oxygen atoms in total. The van der Waals surface area contributed by atoms with Crippen LogP contribution in [0, 0.1) is 13.8 Å². The van der Waals surface area contributed by atoms with Crippen LogP contribution in [0.4, 0.5) is 5.95 Å². The molecule has 0 bridgehead atoms. The van der Waals surface area contributed by atoms with Gasteiger partial charge < -0.3 is 5.73 Å². The Hall–Kier alpha value is -1.43. The van der Waals surface area contributed by atoms with Crippen LogP contribution in [0.15, 0.2) is 6.07 Å². The number of nitrogens with zero attached hydrogens (tertiary/aromatic N) is 4. The SMILES string of the molecule is Cc1cc(Cn2nnnc2N)sc1C. The van der Waals surface area contributed by atoms with Gasteiger partial charge in [-0.25, -0.2) is 4.68 Å². The highest BCUT2D eigenvalue weighted by atomic mass is 32.1. The highest BCUT2D eigenvalue weighted by Gasteiger charge is 2.05. The number of nitrogen functional groups attached to an aromatic ring is 1. The third kappa shape index (κ3) is 1.60. The Labute approximate surface area is 85.5 Å². The molecule has 2 aromatic rings. The Bertz CT molecular complexity index is 425. The zero-order valence-electron chi connectivity index (χ0n) is 8.06. The van der Waals surface area contributed by atoms with Crippen LogP contribution in [-0.2, 0) is 6.54 Å². The number of nitrogens with two attached hydrogens (primary N) is 1. The third-order valence-corrected chi connectivity index (χ3v) is 3.22. The Morgan fingerprint density at radius 3 is 2.79 bits per heavy atom. The normalized spacial score (nSPS) is 10.7. The van der Waals surface area contributed by atoms with E-state index in [0.29, 0.717) is 12.5 Å². The molecule has 0 spiro atoms. The van der Waals surface area contributed by atoms with Crippen molar-refractivity contribution in [2.75, 3.05) is 5.73 Å². The monoisotopic (exact) mass is 209 g/mol. The Kier molecular flexibility index (Phi) is 2.20. The molecule has 0 atom stereocenters. The van der Waals surface area contributed by atoms with Gasteiger partial charge in [-0.2, -0.15) is 0 Å². The molecule has 6 heteroatoms. The van der Waals surface area contributed by atoms with Gasteiger partial charge in [-0.05, 0) is 35.9 Å². The lowest BCUT2D eigenvalue weighted by molar-refractivity contribution is 0.661. The highest BCUT2D eigenvalue weighted by molar-refractivity contribution is 7.12. The summed E-state index contributed by atoms with van der Waals surface area (Å²) in [6.45, 7) is 4.85. The van der Waals surface area contributed by atoms with Gasteiger partial charge in [-0.3, -0.25) is 0 Å². The minimum Gasteiger partial charge on any atom is -0.367 e. The second kappa shape index (κ2) is 3.38. The van der Waals surface area contributed by atoms with Gasteiger partial charge in [-0.1, -0.05) is 5.10 Å². The van der Waals surface area contributed by atoms with E-state index >= 15 is 0 Å². The average Bonchev–Trinajstić information content (AvgIpc) is 2.63. The van der Waals surface area contributed by atoms with E-state index in [-0.39, 0.29) is 0 Å². The molecule has 0 unspecified atom stereocenters. The van der Waals surface area contributed by atoms with Crippen LogP contribution in [0.25, 0.3) is 0 Å². The molecule has 0 aliphatic rings. The first-order valence-corrected chi connectivity index (χ1v) is 5.06. The third-order valence-electron chi connectivity index (χ3n) is 2.08. The maximum atomic E-state index is 5.56. The van der Waals surface area contributed by atoms with Crippen molar-refractivity contribution in [1.82, 2.24) is 20.2 Å². The van der Waals surface area contributed by atoms with E-state index in [4.69, 9.17) is 5.73 Å².